The number of esters is 1. The van der Waals surface area contributed by atoms with Crippen molar-refractivity contribution in [3.05, 3.63) is 57.0 Å². The van der Waals surface area contributed by atoms with E-state index in [2.05, 4.69) is 15.4 Å². The summed E-state index contributed by atoms with van der Waals surface area (Å²) in [4.78, 5) is 42.6. The van der Waals surface area contributed by atoms with E-state index in [-0.39, 0.29) is 23.6 Å². The molecule has 1 amide bonds. The number of fused-ring (bicyclic) bond motifs is 1. The van der Waals surface area contributed by atoms with Gasteiger partial charge in [-0.3, -0.25) is 9.59 Å². The van der Waals surface area contributed by atoms with Crippen molar-refractivity contribution in [1.29, 1.82) is 0 Å². The largest absolute Gasteiger partial charge is 0.456 e. The number of aromatic nitrogens is 3. The Hall–Kier alpha value is -3.07. The normalized spacial score (nSPS) is 14.9. The monoisotopic (exact) mass is 468 g/mol. The Morgan fingerprint density at radius 3 is 2.64 bits per heavy atom. The standard InChI is InChI=1S/C24H28N4O4S/c1-24(2,3)22(31)26-18-12-8-7-11-17(18)21(30)32-14-16-13-19(29)28-23(25-16)33-20(27-28)15-9-5-4-6-10-15/h7-8,11-13,15H,4-6,9-10,14H2,1-3H3,(H,26,31). The zero-order valence-electron chi connectivity index (χ0n) is 19.1. The van der Waals surface area contributed by atoms with Crippen molar-refractivity contribution in [2.45, 2.75) is 65.4 Å². The molecular weight excluding hydrogens is 440 g/mol. The van der Waals surface area contributed by atoms with Gasteiger partial charge in [0.25, 0.3) is 5.56 Å². The number of para-hydroxylation sites is 1. The van der Waals surface area contributed by atoms with E-state index < -0.39 is 11.4 Å². The first-order valence-corrected chi connectivity index (χ1v) is 12.0. The van der Waals surface area contributed by atoms with E-state index in [0.717, 1.165) is 17.8 Å². The Morgan fingerprint density at radius 2 is 1.91 bits per heavy atom. The third-order valence-electron chi connectivity index (χ3n) is 5.70. The minimum Gasteiger partial charge on any atom is -0.456 e. The van der Waals surface area contributed by atoms with Gasteiger partial charge < -0.3 is 10.1 Å². The van der Waals surface area contributed by atoms with Gasteiger partial charge in [-0.2, -0.15) is 9.61 Å². The summed E-state index contributed by atoms with van der Waals surface area (Å²) in [5.41, 5.74) is 0.0883. The van der Waals surface area contributed by atoms with Gasteiger partial charge in [0.2, 0.25) is 10.9 Å². The molecule has 1 aliphatic carbocycles. The van der Waals surface area contributed by atoms with Crippen LogP contribution in [0.25, 0.3) is 4.96 Å². The van der Waals surface area contributed by atoms with E-state index in [1.165, 1.54) is 41.2 Å². The molecule has 1 fully saturated rings. The summed E-state index contributed by atoms with van der Waals surface area (Å²) < 4.78 is 6.76. The molecule has 0 spiro atoms. The van der Waals surface area contributed by atoms with Crippen LogP contribution in [-0.4, -0.2) is 26.5 Å². The number of amides is 1. The van der Waals surface area contributed by atoms with Crippen LogP contribution in [0.5, 0.6) is 0 Å². The van der Waals surface area contributed by atoms with Crippen LogP contribution >= 0.6 is 11.3 Å². The fourth-order valence-electron chi connectivity index (χ4n) is 3.76. The lowest BCUT2D eigenvalue weighted by Crippen LogP contribution is -2.28. The second-order valence-corrected chi connectivity index (χ2v) is 10.4. The van der Waals surface area contributed by atoms with Gasteiger partial charge in [-0.25, -0.2) is 9.78 Å². The molecule has 9 heteroatoms. The maximum absolute atomic E-state index is 12.7. The van der Waals surface area contributed by atoms with Gasteiger partial charge in [0.05, 0.1) is 16.9 Å². The van der Waals surface area contributed by atoms with Crippen LogP contribution in [0, 0.1) is 5.41 Å². The molecule has 2 aromatic heterocycles. The highest BCUT2D eigenvalue weighted by molar-refractivity contribution is 7.16. The number of nitrogens with one attached hydrogen (secondary N) is 1. The summed E-state index contributed by atoms with van der Waals surface area (Å²) in [5, 5.41) is 8.21. The summed E-state index contributed by atoms with van der Waals surface area (Å²) >= 11 is 1.43. The molecule has 1 N–H and O–H groups in total. The Balaban J connectivity index is 1.49. The van der Waals surface area contributed by atoms with Crippen molar-refractivity contribution < 1.29 is 14.3 Å². The molecule has 1 saturated carbocycles. The van der Waals surface area contributed by atoms with Crippen molar-refractivity contribution in [3.8, 4) is 0 Å². The number of hydrogen-bond donors (Lipinski definition) is 1. The predicted molar refractivity (Wildman–Crippen MR) is 127 cm³/mol. The van der Waals surface area contributed by atoms with E-state index in [4.69, 9.17) is 4.74 Å². The van der Waals surface area contributed by atoms with Crippen LogP contribution in [0.3, 0.4) is 0 Å². The molecular formula is C24H28N4O4S. The van der Waals surface area contributed by atoms with Gasteiger partial charge in [0.15, 0.2) is 0 Å². The molecule has 4 rings (SSSR count). The van der Waals surface area contributed by atoms with Crippen molar-refractivity contribution >= 4 is 33.9 Å². The van der Waals surface area contributed by atoms with Crippen LogP contribution < -0.4 is 10.9 Å². The fourth-order valence-corrected chi connectivity index (χ4v) is 4.85. The minimum absolute atomic E-state index is 0.150. The molecule has 33 heavy (non-hydrogen) atoms. The first-order valence-electron chi connectivity index (χ1n) is 11.2. The van der Waals surface area contributed by atoms with Gasteiger partial charge >= 0.3 is 5.97 Å². The molecule has 3 aromatic rings. The average molecular weight is 469 g/mol. The number of anilines is 1. The van der Waals surface area contributed by atoms with Crippen LogP contribution in [0.2, 0.25) is 0 Å². The minimum atomic E-state index is -0.607. The first kappa shape index (κ1) is 23.1. The maximum atomic E-state index is 12.7. The maximum Gasteiger partial charge on any atom is 0.340 e. The molecule has 0 saturated heterocycles. The Morgan fingerprint density at radius 1 is 1.18 bits per heavy atom. The SMILES string of the molecule is CC(C)(C)C(=O)Nc1ccccc1C(=O)OCc1cc(=O)n2nc(C3CCCCC3)sc2n1. The van der Waals surface area contributed by atoms with Crippen molar-refractivity contribution in [2.75, 3.05) is 5.32 Å². The summed E-state index contributed by atoms with van der Waals surface area (Å²) in [7, 11) is 0. The van der Waals surface area contributed by atoms with E-state index in [0.29, 0.717) is 22.3 Å². The average Bonchev–Trinajstić information content (AvgIpc) is 3.23. The van der Waals surface area contributed by atoms with Crippen LogP contribution in [0.1, 0.15) is 79.9 Å². The zero-order valence-corrected chi connectivity index (χ0v) is 19.9. The first-order chi connectivity index (χ1) is 15.7. The second-order valence-electron chi connectivity index (χ2n) is 9.38. The van der Waals surface area contributed by atoms with Gasteiger partial charge in [0.1, 0.15) is 11.6 Å². The second kappa shape index (κ2) is 9.43. The lowest BCUT2D eigenvalue weighted by molar-refractivity contribution is -0.123. The Kier molecular flexibility index (Phi) is 6.60. The molecule has 0 bridgehead atoms. The molecule has 1 aromatic carbocycles. The third-order valence-corrected chi connectivity index (χ3v) is 6.77. The smallest absolute Gasteiger partial charge is 0.340 e. The molecule has 2 heterocycles. The van der Waals surface area contributed by atoms with E-state index in [1.54, 1.807) is 45.0 Å². The summed E-state index contributed by atoms with van der Waals surface area (Å²) in [5.74, 6) is -0.429. The summed E-state index contributed by atoms with van der Waals surface area (Å²) in [6.07, 6.45) is 5.79. The third kappa shape index (κ3) is 5.30. The predicted octanol–water partition coefficient (Wildman–Crippen LogP) is 4.54. The van der Waals surface area contributed by atoms with E-state index in [9.17, 15) is 14.4 Å². The van der Waals surface area contributed by atoms with Gasteiger partial charge in [-0.15, -0.1) is 0 Å². The molecule has 0 aliphatic heterocycles. The number of benzene rings is 1. The Labute approximate surface area is 196 Å². The fraction of sp³-hybridized carbons (Fsp3) is 0.458. The molecule has 174 valence electrons. The number of nitrogens with zero attached hydrogens (tertiary/aromatic N) is 3. The van der Waals surface area contributed by atoms with Crippen LogP contribution in [-0.2, 0) is 16.1 Å². The lowest BCUT2D eigenvalue weighted by Gasteiger charge is -2.19. The molecule has 0 unspecified atom stereocenters. The van der Waals surface area contributed by atoms with Gasteiger partial charge in [-0.05, 0) is 25.0 Å². The van der Waals surface area contributed by atoms with Gasteiger partial charge in [-0.1, -0.05) is 63.5 Å². The molecule has 8 nitrogen and oxygen atoms in total. The van der Waals surface area contributed by atoms with Crippen LogP contribution in [0.15, 0.2) is 35.1 Å². The summed E-state index contributed by atoms with van der Waals surface area (Å²) in [6.45, 7) is 5.23. The lowest BCUT2D eigenvalue weighted by atomic mass is 9.90. The highest BCUT2D eigenvalue weighted by atomic mass is 32.1. The number of carbonyl (C=O) groups is 2. The Bertz CT molecular complexity index is 1240. The number of hydrogen-bond acceptors (Lipinski definition) is 7. The highest BCUT2D eigenvalue weighted by Gasteiger charge is 2.24. The van der Waals surface area contributed by atoms with Crippen molar-refractivity contribution in [1.82, 2.24) is 14.6 Å². The number of ether oxygens (including phenoxy) is 1. The van der Waals surface area contributed by atoms with Gasteiger partial charge in [0, 0.05) is 17.4 Å². The topological polar surface area (TPSA) is 103 Å². The molecule has 0 atom stereocenters. The molecule has 1 aliphatic rings. The van der Waals surface area contributed by atoms with E-state index >= 15 is 0 Å². The summed E-state index contributed by atoms with van der Waals surface area (Å²) in [6, 6.07) is 8.02. The van der Waals surface area contributed by atoms with Crippen LogP contribution in [0.4, 0.5) is 5.69 Å². The van der Waals surface area contributed by atoms with Crippen molar-refractivity contribution in [3.63, 3.8) is 0 Å². The molecule has 0 radical (unpaired) electrons. The number of carbonyl (C=O) groups excluding carboxylic acids is 2. The zero-order chi connectivity index (χ0) is 23.6. The van der Waals surface area contributed by atoms with E-state index in [1.807, 2.05) is 0 Å². The van der Waals surface area contributed by atoms with Crippen molar-refractivity contribution in [2.24, 2.45) is 5.41 Å². The highest BCUT2D eigenvalue weighted by Crippen LogP contribution is 2.34. The quantitative estimate of drug-likeness (QED) is 0.552. The number of rotatable bonds is 5.